The fraction of sp³-hybridized carbons (Fsp3) is 0. The quantitative estimate of drug-likeness (QED) is 0.720. The molecule has 3 rings (SSSR count). The van der Waals surface area contributed by atoms with Crippen LogP contribution in [0.4, 0.5) is 0 Å². The summed E-state index contributed by atoms with van der Waals surface area (Å²) in [7, 11) is 0. The van der Waals surface area contributed by atoms with Crippen LogP contribution in [0.5, 0.6) is 0 Å². The van der Waals surface area contributed by atoms with Crippen molar-refractivity contribution in [2.75, 3.05) is 0 Å². The summed E-state index contributed by atoms with van der Waals surface area (Å²) < 4.78 is 0. The van der Waals surface area contributed by atoms with Crippen molar-refractivity contribution in [3.8, 4) is 22.4 Å². The Morgan fingerprint density at radius 1 is 0.842 bits per heavy atom. The number of nitrogens with zero attached hydrogens (tertiary/aromatic N) is 1. The second kappa shape index (κ2) is 4.90. The van der Waals surface area contributed by atoms with Crippen LogP contribution < -0.4 is 0 Å². The first-order valence-electron chi connectivity index (χ1n) is 6.03. The van der Waals surface area contributed by atoms with Gasteiger partial charge in [0.15, 0.2) is 6.29 Å². The summed E-state index contributed by atoms with van der Waals surface area (Å²) in [5.41, 5.74) is 4.60. The van der Waals surface area contributed by atoms with E-state index >= 15 is 0 Å². The van der Waals surface area contributed by atoms with Gasteiger partial charge >= 0.3 is 0 Å². The van der Waals surface area contributed by atoms with E-state index in [-0.39, 0.29) is 0 Å². The number of nitrogens with one attached hydrogen (secondary N) is 1. The predicted octanol–water partition coefficient (Wildman–Crippen LogP) is 3.56. The van der Waals surface area contributed by atoms with E-state index in [1.807, 2.05) is 30.3 Å². The summed E-state index contributed by atoms with van der Waals surface area (Å²) >= 11 is 0. The van der Waals surface area contributed by atoms with Gasteiger partial charge in [0, 0.05) is 5.56 Å². The molecule has 0 aliphatic heterocycles. The largest absolute Gasteiger partial charge is 0.296 e. The molecule has 92 valence electrons. The highest BCUT2D eigenvalue weighted by Crippen LogP contribution is 2.23. The highest BCUT2D eigenvalue weighted by Gasteiger charge is 2.03. The average Bonchev–Trinajstić information content (AvgIpc) is 2.97. The molecule has 3 heteroatoms. The lowest BCUT2D eigenvalue weighted by Gasteiger charge is -2.02. The molecule has 0 saturated heterocycles. The molecule has 0 saturated carbocycles. The summed E-state index contributed by atoms with van der Waals surface area (Å²) in [6.07, 6.45) is 0.759. The SMILES string of the molecule is O=Cc1cc(-c2ccc(-c3ccccc3)cc2)n[nH]1. The lowest BCUT2D eigenvalue weighted by Crippen LogP contribution is -1.80. The number of benzene rings is 2. The summed E-state index contributed by atoms with van der Waals surface area (Å²) in [6, 6.07) is 20.1. The van der Waals surface area contributed by atoms with Gasteiger partial charge in [-0.05, 0) is 17.2 Å². The lowest BCUT2D eigenvalue weighted by atomic mass is 10.0. The van der Waals surface area contributed by atoms with Gasteiger partial charge in [0.1, 0.15) is 0 Å². The Labute approximate surface area is 110 Å². The van der Waals surface area contributed by atoms with E-state index in [4.69, 9.17) is 0 Å². The summed E-state index contributed by atoms with van der Waals surface area (Å²) in [5.74, 6) is 0. The first-order valence-corrected chi connectivity index (χ1v) is 6.03. The van der Waals surface area contributed by atoms with Crippen LogP contribution in [-0.2, 0) is 0 Å². The highest BCUT2D eigenvalue weighted by atomic mass is 16.1. The van der Waals surface area contributed by atoms with Crippen molar-refractivity contribution < 1.29 is 4.79 Å². The van der Waals surface area contributed by atoms with E-state index in [0.717, 1.165) is 23.1 Å². The van der Waals surface area contributed by atoms with E-state index in [1.165, 1.54) is 5.56 Å². The fourth-order valence-electron chi connectivity index (χ4n) is 2.01. The van der Waals surface area contributed by atoms with E-state index in [9.17, 15) is 4.79 Å². The Bertz CT molecular complexity index is 684. The molecule has 0 unspecified atom stereocenters. The second-order valence-electron chi connectivity index (χ2n) is 4.27. The summed E-state index contributed by atoms with van der Waals surface area (Å²) in [6.45, 7) is 0. The van der Waals surface area contributed by atoms with Crippen molar-refractivity contribution in [2.45, 2.75) is 0 Å². The molecule has 0 radical (unpaired) electrons. The van der Waals surface area contributed by atoms with Crippen LogP contribution in [0.25, 0.3) is 22.4 Å². The number of aromatic nitrogens is 2. The maximum Gasteiger partial charge on any atom is 0.167 e. The minimum absolute atomic E-state index is 0.488. The Kier molecular flexibility index (Phi) is 2.94. The topological polar surface area (TPSA) is 45.8 Å². The number of carbonyl (C=O) groups is 1. The molecule has 1 aromatic heterocycles. The molecule has 0 bridgehead atoms. The molecule has 0 atom stereocenters. The molecule has 1 heterocycles. The van der Waals surface area contributed by atoms with Crippen molar-refractivity contribution in [3.05, 3.63) is 66.4 Å². The van der Waals surface area contributed by atoms with Gasteiger partial charge in [-0.1, -0.05) is 54.6 Å². The molecule has 0 aliphatic rings. The van der Waals surface area contributed by atoms with Crippen LogP contribution in [0.1, 0.15) is 10.5 Å². The van der Waals surface area contributed by atoms with Crippen LogP contribution >= 0.6 is 0 Å². The van der Waals surface area contributed by atoms with E-state index in [0.29, 0.717) is 5.69 Å². The number of aldehydes is 1. The van der Waals surface area contributed by atoms with Gasteiger partial charge in [0.05, 0.1) is 11.4 Å². The molecule has 2 aromatic carbocycles. The fourth-order valence-corrected chi connectivity index (χ4v) is 2.01. The minimum atomic E-state index is 0.488. The molecule has 0 aliphatic carbocycles. The van der Waals surface area contributed by atoms with Crippen molar-refractivity contribution in [3.63, 3.8) is 0 Å². The van der Waals surface area contributed by atoms with Crippen LogP contribution in [-0.4, -0.2) is 16.5 Å². The molecule has 0 spiro atoms. The van der Waals surface area contributed by atoms with Crippen LogP contribution in [0.15, 0.2) is 60.7 Å². The standard InChI is InChI=1S/C16H12N2O/c19-11-15-10-16(18-17-15)14-8-6-13(7-9-14)12-4-2-1-3-5-12/h1-11H,(H,17,18). The Balaban J connectivity index is 1.92. The zero-order chi connectivity index (χ0) is 13.1. The third-order valence-electron chi connectivity index (χ3n) is 3.01. The van der Waals surface area contributed by atoms with Crippen molar-refractivity contribution in [1.82, 2.24) is 10.2 Å². The normalized spacial score (nSPS) is 10.3. The zero-order valence-electron chi connectivity index (χ0n) is 10.2. The number of H-pyrrole nitrogens is 1. The Morgan fingerprint density at radius 3 is 2.11 bits per heavy atom. The van der Waals surface area contributed by atoms with E-state index in [1.54, 1.807) is 6.07 Å². The second-order valence-corrected chi connectivity index (χ2v) is 4.27. The van der Waals surface area contributed by atoms with Crippen molar-refractivity contribution in [2.24, 2.45) is 0 Å². The summed E-state index contributed by atoms with van der Waals surface area (Å²) in [4.78, 5) is 10.6. The Morgan fingerprint density at radius 2 is 1.47 bits per heavy atom. The number of hydrogen-bond acceptors (Lipinski definition) is 2. The van der Waals surface area contributed by atoms with Gasteiger partial charge in [-0.15, -0.1) is 0 Å². The third kappa shape index (κ3) is 2.31. The van der Waals surface area contributed by atoms with E-state index in [2.05, 4.69) is 34.5 Å². The zero-order valence-corrected chi connectivity index (χ0v) is 10.2. The molecule has 1 N–H and O–H groups in total. The maximum atomic E-state index is 10.6. The minimum Gasteiger partial charge on any atom is -0.296 e. The van der Waals surface area contributed by atoms with Crippen LogP contribution in [0, 0.1) is 0 Å². The number of rotatable bonds is 3. The van der Waals surface area contributed by atoms with Crippen molar-refractivity contribution in [1.29, 1.82) is 0 Å². The number of aromatic amines is 1. The molecule has 0 amide bonds. The molecular formula is C16H12N2O. The van der Waals surface area contributed by atoms with Gasteiger partial charge in [0.25, 0.3) is 0 Å². The maximum absolute atomic E-state index is 10.6. The molecule has 3 aromatic rings. The first kappa shape index (κ1) is 11.4. The molecule has 0 fully saturated rings. The number of hydrogen-bond donors (Lipinski definition) is 1. The number of carbonyl (C=O) groups excluding carboxylic acids is 1. The molecular weight excluding hydrogens is 236 g/mol. The molecule has 3 nitrogen and oxygen atoms in total. The van der Waals surface area contributed by atoms with Crippen molar-refractivity contribution >= 4 is 6.29 Å². The summed E-state index contributed by atoms with van der Waals surface area (Å²) in [5, 5.41) is 6.79. The van der Waals surface area contributed by atoms with Crippen LogP contribution in [0.2, 0.25) is 0 Å². The van der Waals surface area contributed by atoms with Gasteiger partial charge in [-0.25, -0.2) is 0 Å². The first-order chi connectivity index (χ1) is 9.36. The predicted molar refractivity (Wildman–Crippen MR) is 74.8 cm³/mol. The van der Waals surface area contributed by atoms with Crippen LogP contribution in [0.3, 0.4) is 0 Å². The van der Waals surface area contributed by atoms with Gasteiger partial charge in [-0.3, -0.25) is 9.89 Å². The smallest absolute Gasteiger partial charge is 0.167 e. The Hall–Kier alpha value is -2.68. The van der Waals surface area contributed by atoms with Gasteiger partial charge in [0.2, 0.25) is 0 Å². The van der Waals surface area contributed by atoms with E-state index < -0.39 is 0 Å². The highest BCUT2D eigenvalue weighted by molar-refractivity contribution is 5.76. The average molecular weight is 248 g/mol. The lowest BCUT2D eigenvalue weighted by molar-refractivity contribution is 0.111. The van der Waals surface area contributed by atoms with Gasteiger partial charge in [-0.2, -0.15) is 5.10 Å². The molecule has 19 heavy (non-hydrogen) atoms. The third-order valence-corrected chi connectivity index (χ3v) is 3.01. The van der Waals surface area contributed by atoms with Gasteiger partial charge < -0.3 is 0 Å². The monoisotopic (exact) mass is 248 g/mol.